The van der Waals surface area contributed by atoms with Crippen molar-refractivity contribution in [2.24, 2.45) is 4.99 Å². The summed E-state index contributed by atoms with van der Waals surface area (Å²) >= 11 is 0. The zero-order valence-corrected chi connectivity index (χ0v) is 15.4. The maximum atomic E-state index is 11.9. The zero-order valence-electron chi connectivity index (χ0n) is 15.4. The van der Waals surface area contributed by atoms with Crippen molar-refractivity contribution >= 4 is 17.7 Å². The number of piperazine rings is 1. The number of rotatable bonds is 4. The molecule has 8 nitrogen and oxygen atoms in total. The van der Waals surface area contributed by atoms with E-state index in [1.54, 1.807) is 25.1 Å². The number of nitrogens with one attached hydrogen (secondary N) is 1. The molecule has 0 aromatic carbocycles. The number of hydrogen-bond donors (Lipinski definition) is 1. The van der Waals surface area contributed by atoms with Crippen LogP contribution in [0.4, 0.5) is 5.82 Å². The summed E-state index contributed by atoms with van der Waals surface area (Å²) in [4.78, 5) is 26.7. The lowest BCUT2D eigenvalue weighted by Crippen LogP contribution is -2.53. The molecule has 0 atom stereocenters. The van der Waals surface area contributed by atoms with Gasteiger partial charge >= 0.3 is 0 Å². The Kier molecular flexibility index (Phi) is 5.56. The Hall–Kier alpha value is -2.82. The van der Waals surface area contributed by atoms with Crippen LogP contribution >= 0.6 is 0 Å². The largest absolute Gasteiger partial charge is 0.353 e. The summed E-state index contributed by atoms with van der Waals surface area (Å²) in [5, 5.41) is 12.5. The standard InChI is InChI=1S/C18H25N7O/c1-23(2)17(26)13-20-18(22-14-6-7-14)25-10-8-24(9-11-25)16-5-3-4-15(12-19)21-16/h3-5,14H,6-11,13H2,1-2H3,(H,20,22). The van der Waals surface area contributed by atoms with E-state index in [2.05, 4.69) is 31.2 Å². The van der Waals surface area contributed by atoms with Crippen LogP contribution in [-0.4, -0.2) is 79.5 Å². The number of aromatic nitrogens is 1. The molecule has 1 amide bonds. The highest BCUT2D eigenvalue weighted by molar-refractivity contribution is 5.85. The fourth-order valence-corrected chi connectivity index (χ4v) is 2.74. The fourth-order valence-electron chi connectivity index (χ4n) is 2.74. The quantitative estimate of drug-likeness (QED) is 0.616. The fraction of sp³-hybridized carbons (Fsp3) is 0.556. The third-order valence-electron chi connectivity index (χ3n) is 4.53. The van der Waals surface area contributed by atoms with Gasteiger partial charge in [0.1, 0.15) is 24.1 Å². The first kappa shape index (κ1) is 18.0. The number of nitrogens with zero attached hydrogens (tertiary/aromatic N) is 6. The van der Waals surface area contributed by atoms with E-state index in [0.29, 0.717) is 11.7 Å². The topological polar surface area (TPSA) is 87.9 Å². The van der Waals surface area contributed by atoms with E-state index in [0.717, 1.165) is 50.8 Å². The van der Waals surface area contributed by atoms with Gasteiger partial charge in [0.2, 0.25) is 5.91 Å². The molecule has 0 radical (unpaired) electrons. The molecule has 1 aromatic rings. The van der Waals surface area contributed by atoms with E-state index < -0.39 is 0 Å². The number of likely N-dealkylation sites (N-methyl/N-ethyl adjacent to an activating group) is 1. The van der Waals surface area contributed by atoms with Gasteiger partial charge in [-0.05, 0) is 25.0 Å². The Labute approximate surface area is 154 Å². The summed E-state index contributed by atoms with van der Waals surface area (Å²) in [6, 6.07) is 8.08. The number of pyridine rings is 1. The third kappa shape index (κ3) is 4.63. The van der Waals surface area contributed by atoms with E-state index in [1.807, 2.05) is 12.1 Å². The lowest BCUT2D eigenvalue weighted by atomic mass is 10.3. The van der Waals surface area contributed by atoms with E-state index in [1.165, 1.54) is 0 Å². The number of nitriles is 1. The highest BCUT2D eigenvalue weighted by Crippen LogP contribution is 2.20. The second-order valence-electron chi connectivity index (χ2n) is 6.81. The molecule has 2 fully saturated rings. The average molecular weight is 355 g/mol. The van der Waals surface area contributed by atoms with Crippen LogP contribution in [-0.2, 0) is 4.79 Å². The Balaban J connectivity index is 1.62. The van der Waals surface area contributed by atoms with Crippen molar-refractivity contribution in [3.63, 3.8) is 0 Å². The van der Waals surface area contributed by atoms with E-state index in [4.69, 9.17) is 5.26 Å². The van der Waals surface area contributed by atoms with Crippen molar-refractivity contribution in [3.8, 4) is 6.07 Å². The molecule has 0 unspecified atom stereocenters. The first-order valence-corrected chi connectivity index (χ1v) is 8.95. The van der Waals surface area contributed by atoms with Crippen LogP contribution in [0.25, 0.3) is 0 Å². The smallest absolute Gasteiger partial charge is 0.243 e. The normalized spacial score (nSPS) is 17.7. The number of aliphatic imine (C=N–C) groups is 1. The van der Waals surface area contributed by atoms with Crippen LogP contribution in [0.1, 0.15) is 18.5 Å². The van der Waals surface area contributed by atoms with Crippen LogP contribution in [0, 0.1) is 11.3 Å². The van der Waals surface area contributed by atoms with E-state index >= 15 is 0 Å². The molecule has 8 heteroatoms. The zero-order chi connectivity index (χ0) is 18.5. The number of amides is 1. The van der Waals surface area contributed by atoms with Crippen LogP contribution in [0.2, 0.25) is 0 Å². The molecule has 3 rings (SSSR count). The molecule has 1 aliphatic carbocycles. The predicted octanol–water partition coefficient (Wildman–Crippen LogP) is 0.271. The Morgan fingerprint density at radius 1 is 1.35 bits per heavy atom. The summed E-state index contributed by atoms with van der Waals surface area (Å²) in [5.41, 5.74) is 0.435. The predicted molar refractivity (Wildman–Crippen MR) is 99.9 cm³/mol. The lowest BCUT2D eigenvalue weighted by Gasteiger charge is -2.37. The van der Waals surface area contributed by atoms with Crippen LogP contribution in [0.15, 0.2) is 23.2 Å². The number of anilines is 1. The molecule has 0 spiro atoms. The maximum Gasteiger partial charge on any atom is 0.243 e. The van der Waals surface area contributed by atoms with Crippen molar-refractivity contribution < 1.29 is 4.79 Å². The molecule has 1 saturated heterocycles. The van der Waals surface area contributed by atoms with Gasteiger partial charge in [-0.15, -0.1) is 0 Å². The van der Waals surface area contributed by atoms with Gasteiger partial charge in [0.15, 0.2) is 5.96 Å². The summed E-state index contributed by atoms with van der Waals surface area (Å²) in [6.45, 7) is 3.36. The second kappa shape index (κ2) is 8.04. The van der Waals surface area contributed by atoms with Gasteiger partial charge in [0, 0.05) is 46.3 Å². The Morgan fingerprint density at radius 3 is 2.69 bits per heavy atom. The molecular weight excluding hydrogens is 330 g/mol. The maximum absolute atomic E-state index is 11.9. The molecule has 1 N–H and O–H groups in total. The molecule has 138 valence electrons. The average Bonchev–Trinajstić information content (AvgIpc) is 3.49. The monoisotopic (exact) mass is 355 g/mol. The molecule has 2 heterocycles. The molecule has 0 bridgehead atoms. The van der Waals surface area contributed by atoms with Crippen LogP contribution in [0.5, 0.6) is 0 Å². The van der Waals surface area contributed by atoms with Crippen molar-refractivity contribution in [3.05, 3.63) is 23.9 Å². The minimum absolute atomic E-state index is 0.00347. The summed E-state index contributed by atoms with van der Waals surface area (Å²) in [5.74, 6) is 1.65. The molecular formula is C18H25N7O. The van der Waals surface area contributed by atoms with Crippen molar-refractivity contribution in [1.82, 2.24) is 20.1 Å². The molecule has 1 aromatic heterocycles. The highest BCUT2D eigenvalue weighted by atomic mass is 16.2. The minimum atomic E-state index is -0.00347. The third-order valence-corrected chi connectivity index (χ3v) is 4.53. The lowest BCUT2D eigenvalue weighted by molar-refractivity contribution is -0.127. The molecule has 1 saturated carbocycles. The van der Waals surface area contributed by atoms with E-state index in [9.17, 15) is 4.79 Å². The van der Waals surface area contributed by atoms with Gasteiger partial charge in [-0.2, -0.15) is 5.26 Å². The van der Waals surface area contributed by atoms with Crippen molar-refractivity contribution in [2.75, 3.05) is 51.7 Å². The summed E-state index contributed by atoms with van der Waals surface area (Å²) < 4.78 is 0. The highest BCUT2D eigenvalue weighted by Gasteiger charge is 2.27. The first-order valence-electron chi connectivity index (χ1n) is 8.95. The molecule has 1 aliphatic heterocycles. The Bertz CT molecular complexity index is 712. The van der Waals surface area contributed by atoms with Gasteiger partial charge in [-0.3, -0.25) is 4.79 Å². The van der Waals surface area contributed by atoms with Gasteiger partial charge in [-0.25, -0.2) is 9.98 Å². The number of carbonyl (C=O) groups is 1. The van der Waals surface area contributed by atoms with Gasteiger partial charge in [0.05, 0.1) is 0 Å². The summed E-state index contributed by atoms with van der Waals surface area (Å²) in [7, 11) is 3.49. The first-order chi connectivity index (χ1) is 12.6. The van der Waals surface area contributed by atoms with Crippen LogP contribution in [0.3, 0.4) is 0 Å². The summed E-state index contributed by atoms with van der Waals surface area (Å²) in [6.07, 6.45) is 2.32. The van der Waals surface area contributed by atoms with Crippen molar-refractivity contribution in [2.45, 2.75) is 18.9 Å². The Morgan fingerprint density at radius 2 is 2.08 bits per heavy atom. The van der Waals surface area contributed by atoms with E-state index in [-0.39, 0.29) is 12.5 Å². The minimum Gasteiger partial charge on any atom is -0.353 e. The van der Waals surface area contributed by atoms with Gasteiger partial charge in [-0.1, -0.05) is 6.07 Å². The second-order valence-corrected chi connectivity index (χ2v) is 6.81. The number of carbonyl (C=O) groups excluding carboxylic acids is 1. The number of hydrogen-bond acceptors (Lipinski definition) is 5. The SMILES string of the molecule is CN(C)C(=O)CN=C(NC1CC1)N1CCN(c2cccc(C#N)n2)CC1. The number of guanidine groups is 1. The van der Waals surface area contributed by atoms with Gasteiger partial charge < -0.3 is 20.0 Å². The van der Waals surface area contributed by atoms with Crippen molar-refractivity contribution in [1.29, 1.82) is 5.26 Å². The van der Waals surface area contributed by atoms with Crippen LogP contribution < -0.4 is 10.2 Å². The molecule has 26 heavy (non-hydrogen) atoms. The van der Waals surface area contributed by atoms with Gasteiger partial charge in [0.25, 0.3) is 0 Å². The molecule has 2 aliphatic rings.